The first-order valence-corrected chi connectivity index (χ1v) is 5.74. The van der Waals surface area contributed by atoms with E-state index >= 15 is 0 Å². The number of ketones is 1. The molecule has 0 bridgehead atoms. The lowest BCUT2D eigenvalue weighted by molar-refractivity contribution is 0.0790. The van der Waals surface area contributed by atoms with Crippen molar-refractivity contribution in [1.29, 1.82) is 0 Å². The zero-order chi connectivity index (χ0) is 12.4. The Hall–Kier alpha value is -1.68. The van der Waals surface area contributed by atoms with Gasteiger partial charge in [-0.3, -0.25) is 9.59 Å². The molecule has 1 unspecified atom stereocenters. The fraction of sp³-hybridized carbons (Fsp3) is 0.385. The average Bonchev–Trinajstić information content (AvgIpc) is 2.75. The minimum atomic E-state index is -0.00643. The second-order valence-electron chi connectivity index (χ2n) is 4.43. The van der Waals surface area contributed by atoms with Crippen LogP contribution in [0.5, 0.6) is 0 Å². The molecule has 1 aliphatic heterocycles. The Bertz CT molecular complexity index is 439. The number of hydrogen-bond donors (Lipinski definition) is 1. The monoisotopic (exact) mass is 232 g/mol. The van der Waals surface area contributed by atoms with Crippen molar-refractivity contribution in [2.24, 2.45) is 5.73 Å². The summed E-state index contributed by atoms with van der Waals surface area (Å²) in [6.45, 7) is 2.85. The Balaban J connectivity index is 2.12. The van der Waals surface area contributed by atoms with Crippen molar-refractivity contribution in [3.8, 4) is 0 Å². The highest BCUT2D eigenvalue weighted by molar-refractivity contribution is 5.97. The van der Waals surface area contributed by atoms with E-state index in [-0.39, 0.29) is 17.7 Å². The van der Waals surface area contributed by atoms with Gasteiger partial charge in [-0.2, -0.15) is 0 Å². The predicted molar refractivity (Wildman–Crippen MR) is 64.9 cm³/mol. The topological polar surface area (TPSA) is 63.4 Å². The highest BCUT2D eigenvalue weighted by atomic mass is 16.2. The molecule has 0 aliphatic carbocycles. The van der Waals surface area contributed by atoms with Gasteiger partial charge in [-0.25, -0.2) is 0 Å². The van der Waals surface area contributed by atoms with Gasteiger partial charge in [-0.1, -0.05) is 12.1 Å². The molecule has 1 aromatic rings. The van der Waals surface area contributed by atoms with Gasteiger partial charge < -0.3 is 10.6 Å². The third-order valence-corrected chi connectivity index (χ3v) is 3.05. The number of likely N-dealkylation sites (tertiary alicyclic amines) is 1. The van der Waals surface area contributed by atoms with Crippen LogP contribution >= 0.6 is 0 Å². The summed E-state index contributed by atoms with van der Waals surface area (Å²) in [4.78, 5) is 24.9. The van der Waals surface area contributed by atoms with E-state index in [0.29, 0.717) is 24.2 Å². The van der Waals surface area contributed by atoms with E-state index in [1.807, 2.05) is 0 Å². The molecular formula is C13H16N2O2. The maximum Gasteiger partial charge on any atom is 0.253 e. The molecule has 0 radical (unpaired) electrons. The Morgan fingerprint density at radius 1 is 1.24 bits per heavy atom. The molecule has 0 saturated carbocycles. The molecule has 0 spiro atoms. The summed E-state index contributed by atoms with van der Waals surface area (Å²) in [6.07, 6.45) is 0.858. The number of hydrogen-bond acceptors (Lipinski definition) is 3. The van der Waals surface area contributed by atoms with E-state index < -0.39 is 0 Å². The van der Waals surface area contributed by atoms with E-state index in [0.717, 1.165) is 6.42 Å². The van der Waals surface area contributed by atoms with Crippen LogP contribution in [0.3, 0.4) is 0 Å². The lowest BCUT2D eigenvalue weighted by Gasteiger charge is -2.15. The summed E-state index contributed by atoms with van der Waals surface area (Å²) >= 11 is 0. The van der Waals surface area contributed by atoms with Crippen molar-refractivity contribution < 1.29 is 9.59 Å². The smallest absolute Gasteiger partial charge is 0.253 e. The van der Waals surface area contributed by atoms with Crippen molar-refractivity contribution in [2.75, 3.05) is 13.1 Å². The number of rotatable bonds is 2. The Labute approximate surface area is 100 Å². The van der Waals surface area contributed by atoms with E-state index in [2.05, 4.69) is 0 Å². The summed E-state index contributed by atoms with van der Waals surface area (Å²) in [5, 5.41) is 0. The lowest BCUT2D eigenvalue weighted by atomic mass is 10.1. The lowest BCUT2D eigenvalue weighted by Crippen LogP contribution is -2.31. The van der Waals surface area contributed by atoms with E-state index in [4.69, 9.17) is 5.73 Å². The van der Waals surface area contributed by atoms with Gasteiger partial charge in [0.25, 0.3) is 5.91 Å². The Kier molecular flexibility index (Phi) is 3.24. The minimum absolute atomic E-state index is 0.00643. The first kappa shape index (κ1) is 11.8. The van der Waals surface area contributed by atoms with Crippen LogP contribution in [0.15, 0.2) is 24.3 Å². The first-order valence-electron chi connectivity index (χ1n) is 5.74. The zero-order valence-corrected chi connectivity index (χ0v) is 9.85. The SMILES string of the molecule is CC(=O)c1ccc(C(=O)N2CCC(N)C2)cc1. The van der Waals surface area contributed by atoms with Gasteiger partial charge >= 0.3 is 0 Å². The number of benzene rings is 1. The van der Waals surface area contributed by atoms with Gasteiger partial charge in [0.15, 0.2) is 5.78 Å². The first-order chi connectivity index (χ1) is 8.08. The molecule has 17 heavy (non-hydrogen) atoms. The largest absolute Gasteiger partial charge is 0.337 e. The summed E-state index contributed by atoms with van der Waals surface area (Å²) in [6, 6.07) is 6.86. The third-order valence-electron chi connectivity index (χ3n) is 3.05. The number of amides is 1. The molecular weight excluding hydrogens is 216 g/mol. The zero-order valence-electron chi connectivity index (χ0n) is 9.85. The van der Waals surface area contributed by atoms with E-state index in [1.54, 1.807) is 29.2 Å². The molecule has 2 rings (SSSR count). The van der Waals surface area contributed by atoms with Crippen LogP contribution in [-0.2, 0) is 0 Å². The van der Waals surface area contributed by atoms with Gasteiger partial charge in [-0.15, -0.1) is 0 Å². The number of nitrogens with zero attached hydrogens (tertiary/aromatic N) is 1. The summed E-state index contributed by atoms with van der Waals surface area (Å²) in [7, 11) is 0. The maximum atomic E-state index is 12.1. The second kappa shape index (κ2) is 4.67. The summed E-state index contributed by atoms with van der Waals surface area (Å²) < 4.78 is 0. The predicted octanol–water partition coefficient (Wildman–Crippen LogP) is 1.06. The Morgan fingerprint density at radius 3 is 2.29 bits per heavy atom. The highest BCUT2D eigenvalue weighted by Crippen LogP contribution is 2.13. The van der Waals surface area contributed by atoms with Gasteiger partial charge in [0.1, 0.15) is 0 Å². The number of Topliss-reactive ketones (excluding diaryl/α,β-unsaturated/α-hetero) is 1. The van der Waals surface area contributed by atoms with Gasteiger partial charge in [0, 0.05) is 30.3 Å². The van der Waals surface area contributed by atoms with E-state index in [9.17, 15) is 9.59 Å². The van der Waals surface area contributed by atoms with Crippen LogP contribution in [0.1, 0.15) is 34.1 Å². The third kappa shape index (κ3) is 2.53. The molecule has 1 heterocycles. The molecule has 1 aromatic carbocycles. The molecule has 1 saturated heterocycles. The number of nitrogens with two attached hydrogens (primary N) is 1. The van der Waals surface area contributed by atoms with Crippen LogP contribution in [0.2, 0.25) is 0 Å². The molecule has 1 aliphatic rings. The van der Waals surface area contributed by atoms with Crippen LogP contribution in [-0.4, -0.2) is 35.7 Å². The molecule has 1 fully saturated rings. The van der Waals surface area contributed by atoms with Crippen LogP contribution in [0, 0.1) is 0 Å². The van der Waals surface area contributed by atoms with Crippen LogP contribution in [0.25, 0.3) is 0 Å². The number of carbonyl (C=O) groups excluding carboxylic acids is 2. The molecule has 0 aromatic heterocycles. The van der Waals surface area contributed by atoms with Gasteiger partial charge in [-0.05, 0) is 25.5 Å². The average molecular weight is 232 g/mol. The fourth-order valence-electron chi connectivity index (χ4n) is 2.00. The van der Waals surface area contributed by atoms with Crippen LogP contribution < -0.4 is 5.73 Å². The van der Waals surface area contributed by atoms with E-state index in [1.165, 1.54) is 6.92 Å². The maximum absolute atomic E-state index is 12.1. The normalized spacial score (nSPS) is 19.4. The standard InChI is InChI=1S/C13H16N2O2/c1-9(16)10-2-4-11(5-3-10)13(17)15-7-6-12(14)8-15/h2-5,12H,6-8,14H2,1H3. The summed E-state index contributed by atoms with van der Waals surface area (Å²) in [5.41, 5.74) is 7.01. The second-order valence-corrected chi connectivity index (χ2v) is 4.43. The van der Waals surface area contributed by atoms with Crippen molar-refractivity contribution in [1.82, 2.24) is 4.90 Å². The quantitative estimate of drug-likeness (QED) is 0.775. The molecule has 1 atom stereocenters. The summed E-state index contributed by atoms with van der Waals surface area (Å²) in [5.74, 6) is 0.000228. The van der Waals surface area contributed by atoms with Crippen molar-refractivity contribution in [3.05, 3.63) is 35.4 Å². The molecule has 1 amide bonds. The van der Waals surface area contributed by atoms with Gasteiger partial charge in [0.2, 0.25) is 0 Å². The molecule has 2 N–H and O–H groups in total. The van der Waals surface area contributed by atoms with Gasteiger partial charge in [0.05, 0.1) is 0 Å². The van der Waals surface area contributed by atoms with Crippen molar-refractivity contribution >= 4 is 11.7 Å². The molecule has 4 nitrogen and oxygen atoms in total. The highest BCUT2D eigenvalue weighted by Gasteiger charge is 2.24. The van der Waals surface area contributed by atoms with Crippen molar-refractivity contribution in [3.63, 3.8) is 0 Å². The fourth-order valence-corrected chi connectivity index (χ4v) is 2.00. The molecule has 90 valence electrons. The molecule has 4 heteroatoms. The Morgan fingerprint density at radius 2 is 1.82 bits per heavy atom. The van der Waals surface area contributed by atoms with Crippen LogP contribution in [0.4, 0.5) is 0 Å². The number of carbonyl (C=O) groups is 2. The minimum Gasteiger partial charge on any atom is -0.337 e. The van der Waals surface area contributed by atoms with Crippen molar-refractivity contribution in [2.45, 2.75) is 19.4 Å².